The lowest BCUT2D eigenvalue weighted by Crippen LogP contribution is -2.47. The Labute approximate surface area is 131 Å². The molecule has 1 aliphatic heterocycles. The van der Waals surface area contributed by atoms with Crippen LogP contribution >= 0.6 is 0 Å². The minimum Gasteiger partial charge on any atom is -0.388 e. The van der Waals surface area contributed by atoms with Gasteiger partial charge in [0.1, 0.15) is 5.82 Å². The molecule has 1 saturated heterocycles. The van der Waals surface area contributed by atoms with Crippen molar-refractivity contribution in [3.8, 4) is 0 Å². The van der Waals surface area contributed by atoms with E-state index in [0.29, 0.717) is 13.1 Å². The number of aliphatic hydroxyl groups is 1. The van der Waals surface area contributed by atoms with E-state index in [9.17, 15) is 14.3 Å². The van der Waals surface area contributed by atoms with Crippen molar-refractivity contribution in [1.82, 2.24) is 9.80 Å². The molecule has 0 aliphatic carbocycles. The molecule has 1 aromatic rings. The molecule has 1 heterocycles. The molecule has 2 atom stereocenters. The van der Waals surface area contributed by atoms with E-state index in [1.165, 1.54) is 12.1 Å². The summed E-state index contributed by atoms with van der Waals surface area (Å²) in [7, 11) is 3.79. The van der Waals surface area contributed by atoms with Crippen LogP contribution in [0.1, 0.15) is 31.4 Å². The normalized spacial score (nSPS) is 19.3. The fraction of sp³-hybridized carbons (Fsp3) is 0.588. The minimum atomic E-state index is -0.593. The first kappa shape index (κ1) is 16.9. The molecule has 1 amide bonds. The highest BCUT2D eigenvalue weighted by Gasteiger charge is 2.30. The van der Waals surface area contributed by atoms with Crippen LogP contribution < -0.4 is 0 Å². The van der Waals surface area contributed by atoms with Crippen LogP contribution in [0.25, 0.3) is 0 Å². The lowest BCUT2D eigenvalue weighted by atomic mass is 9.87. The Morgan fingerprint density at radius 2 is 1.82 bits per heavy atom. The van der Waals surface area contributed by atoms with Gasteiger partial charge in [-0.1, -0.05) is 12.1 Å². The van der Waals surface area contributed by atoms with Crippen molar-refractivity contribution in [2.24, 2.45) is 5.92 Å². The molecule has 4 nitrogen and oxygen atoms in total. The maximum Gasteiger partial charge on any atom is 0.239 e. The second-order valence-corrected chi connectivity index (χ2v) is 6.30. The summed E-state index contributed by atoms with van der Waals surface area (Å²) in [6, 6.07) is 5.88. The third kappa shape index (κ3) is 3.84. The molecule has 0 spiro atoms. The summed E-state index contributed by atoms with van der Waals surface area (Å²) < 4.78 is 12.9. The maximum atomic E-state index is 12.9. The number of benzene rings is 1. The Hall–Kier alpha value is -1.46. The molecule has 1 aromatic carbocycles. The fourth-order valence-electron chi connectivity index (χ4n) is 2.85. The molecule has 22 heavy (non-hydrogen) atoms. The van der Waals surface area contributed by atoms with Crippen LogP contribution in [-0.2, 0) is 4.79 Å². The van der Waals surface area contributed by atoms with Crippen LogP contribution in [0.15, 0.2) is 24.3 Å². The first-order valence-electron chi connectivity index (χ1n) is 7.79. The van der Waals surface area contributed by atoms with Crippen molar-refractivity contribution in [2.75, 3.05) is 27.2 Å². The van der Waals surface area contributed by atoms with E-state index >= 15 is 0 Å². The zero-order valence-corrected chi connectivity index (χ0v) is 13.5. The van der Waals surface area contributed by atoms with Crippen LogP contribution in [0.3, 0.4) is 0 Å². The summed E-state index contributed by atoms with van der Waals surface area (Å²) in [5.74, 6) is -0.0436. The molecular formula is C17H25FN2O2. The fourth-order valence-corrected chi connectivity index (χ4v) is 2.85. The van der Waals surface area contributed by atoms with Crippen LogP contribution in [0.2, 0.25) is 0 Å². The van der Waals surface area contributed by atoms with Crippen LogP contribution in [0, 0.1) is 11.7 Å². The summed E-state index contributed by atoms with van der Waals surface area (Å²) >= 11 is 0. The van der Waals surface area contributed by atoms with Crippen molar-refractivity contribution in [3.05, 3.63) is 35.6 Å². The number of rotatable bonds is 4. The van der Waals surface area contributed by atoms with Gasteiger partial charge < -0.3 is 10.0 Å². The van der Waals surface area contributed by atoms with Gasteiger partial charge in [0.2, 0.25) is 5.91 Å². The van der Waals surface area contributed by atoms with E-state index in [2.05, 4.69) is 0 Å². The molecule has 0 aromatic heterocycles. The second kappa shape index (κ2) is 7.20. The number of carbonyl (C=O) groups is 1. The number of likely N-dealkylation sites (tertiary alicyclic amines) is 1. The van der Waals surface area contributed by atoms with Crippen molar-refractivity contribution in [2.45, 2.75) is 31.9 Å². The summed E-state index contributed by atoms with van der Waals surface area (Å²) in [4.78, 5) is 16.1. The van der Waals surface area contributed by atoms with Crippen LogP contribution in [-0.4, -0.2) is 54.0 Å². The van der Waals surface area contributed by atoms with Crippen LogP contribution in [0.4, 0.5) is 4.39 Å². The summed E-state index contributed by atoms with van der Waals surface area (Å²) in [5, 5.41) is 10.4. The zero-order valence-electron chi connectivity index (χ0n) is 13.5. The van der Waals surface area contributed by atoms with E-state index < -0.39 is 6.10 Å². The Bertz CT molecular complexity index is 496. The van der Waals surface area contributed by atoms with Gasteiger partial charge in [-0.25, -0.2) is 4.39 Å². The van der Waals surface area contributed by atoms with Gasteiger partial charge in [-0.2, -0.15) is 0 Å². The predicted molar refractivity (Wildman–Crippen MR) is 83.8 cm³/mol. The van der Waals surface area contributed by atoms with E-state index in [1.54, 1.807) is 12.1 Å². The van der Waals surface area contributed by atoms with Crippen molar-refractivity contribution >= 4 is 5.91 Å². The molecule has 2 rings (SSSR count). The van der Waals surface area contributed by atoms with E-state index in [-0.39, 0.29) is 23.7 Å². The van der Waals surface area contributed by atoms with Crippen molar-refractivity contribution in [3.63, 3.8) is 0 Å². The molecule has 0 saturated carbocycles. The van der Waals surface area contributed by atoms with Crippen LogP contribution in [0.5, 0.6) is 0 Å². The Morgan fingerprint density at radius 1 is 1.27 bits per heavy atom. The number of hydrogen-bond donors (Lipinski definition) is 1. The Morgan fingerprint density at radius 3 is 2.32 bits per heavy atom. The highest BCUT2D eigenvalue weighted by molar-refractivity contribution is 5.81. The largest absolute Gasteiger partial charge is 0.388 e. The summed E-state index contributed by atoms with van der Waals surface area (Å²) in [6.07, 6.45) is 0.943. The molecule has 1 N–H and O–H groups in total. The average Bonchev–Trinajstić information content (AvgIpc) is 2.53. The smallest absolute Gasteiger partial charge is 0.239 e. The number of aliphatic hydroxyl groups excluding tert-OH is 1. The Balaban J connectivity index is 1.91. The highest BCUT2D eigenvalue weighted by Crippen LogP contribution is 2.31. The van der Waals surface area contributed by atoms with Crippen molar-refractivity contribution < 1.29 is 14.3 Å². The van der Waals surface area contributed by atoms with E-state index in [4.69, 9.17) is 0 Å². The highest BCUT2D eigenvalue weighted by atomic mass is 19.1. The summed E-state index contributed by atoms with van der Waals surface area (Å²) in [6.45, 7) is 3.24. The second-order valence-electron chi connectivity index (χ2n) is 6.30. The number of nitrogens with zero attached hydrogens (tertiary/aromatic N) is 2. The van der Waals surface area contributed by atoms with E-state index in [0.717, 1.165) is 18.4 Å². The number of likely N-dealkylation sites (N-methyl/N-ethyl adjacent to an activating group) is 1. The molecule has 1 fully saturated rings. The molecule has 1 unspecified atom stereocenters. The lowest BCUT2D eigenvalue weighted by molar-refractivity contribution is -0.137. The van der Waals surface area contributed by atoms with Gasteiger partial charge in [-0.15, -0.1) is 0 Å². The number of hydrogen-bond acceptors (Lipinski definition) is 3. The first-order valence-corrected chi connectivity index (χ1v) is 7.79. The monoisotopic (exact) mass is 308 g/mol. The molecule has 0 bridgehead atoms. The van der Waals surface area contributed by atoms with Gasteiger partial charge in [0.25, 0.3) is 0 Å². The Kier molecular flexibility index (Phi) is 5.53. The first-order chi connectivity index (χ1) is 10.4. The molecule has 0 radical (unpaired) electrons. The maximum absolute atomic E-state index is 12.9. The zero-order chi connectivity index (χ0) is 16.3. The molecule has 122 valence electrons. The topological polar surface area (TPSA) is 43.8 Å². The number of amides is 1. The molecular weight excluding hydrogens is 283 g/mol. The SMILES string of the molecule is C[C@@H](C(=O)N1CCC(C(O)c2ccc(F)cc2)CC1)N(C)C. The van der Waals surface area contributed by atoms with Gasteiger partial charge in [-0.05, 0) is 57.5 Å². The minimum absolute atomic E-state index is 0.115. The van der Waals surface area contributed by atoms with Gasteiger partial charge in [0.15, 0.2) is 0 Å². The third-order valence-electron chi connectivity index (χ3n) is 4.64. The van der Waals surface area contributed by atoms with E-state index in [1.807, 2.05) is 30.8 Å². The number of piperidine rings is 1. The van der Waals surface area contributed by atoms with Gasteiger partial charge in [0.05, 0.1) is 12.1 Å². The number of halogens is 1. The van der Waals surface area contributed by atoms with Gasteiger partial charge in [0, 0.05) is 13.1 Å². The standard InChI is InChI=1S/C17H25FN2O2/c1-12(19(2)3)17(22)20-10-8-14(9-11-20)16(21)13-4-6-15(18)7-5-13/h4-7,12,14,16,21H,8-11H2,1-3H3/t12-,16?/m0/s1. The number of carbonyl (C=O) groups excluding carboxylic acids is 1. The molecule has 1 aliphatic rings. The lowest BCUT2D eigenvalue weighted by Gasteiger charge is -2.36. The average molecular weight is 308 g/mol. The quantitative estimate of drug-likeness (QED) is 0.926. The van der Waals surface area contributed by atoms with Gasteiger partial charge >= 0.3 is 0 Å². The molecule has 5 heteroatoms. The third-order valence-corrected chi connectivity index (χ3v) is 4.64. The van der Waals surface area contributed by atoms with Crippen molar-refractivity contribution in [1.29, 1.82) is 0 Å². The predicted octanol–water partition coefficient (Wildman–Crippen LogP) is 2.05. The summed E-state index contributed by atoms with van der Waals surface area (Å²) in [5.41, 5.74) is 0.743. The van der Waals surface area contributed by atoms with Gasteiger partial charge in [-0.3, -0.25) is 9.69 Å².